The Labute approximate surface area is 104 Å². The third kappa shape index (κ3) is 3.40. The van der Waals surface area contributed by atoms with Gasteiger partial charge in [0.2, 0.25) is 0 Å². The highest BCUT2D eigenvalue weighted by molar-refractivity contribution is 5.95. The molecule has 0 aliphatic carbocycles. The van der Waals surface area contributed by atoms with Crippen LogP contribution in [0.4, 0.5) is 14.5 Å². The smallest absolute Gasteiger partial charge is 0.254 e. The normalized spacial score (nSPS) is 11.4. The monoisotopic (exact) mass is 258 g/mol. The first-order valence-electron chi connectivity index (χ1n) is 5.34. The summed E-state index contributed by atoms with van der Waals surface area (Å²) >= 11 is 0. The number of nitrogens with one attached hydrogen (secondary N) is 1. The minimum atomic E-state index is -0.950. The second-order valence-electron chi connectivity index (χ2n) is 4.50. The molecule has 0 aromatic heterocycles. The van der Waals surface area contributed by atoms with Gasteiger partial charge in [-0.2, -0.15) is 0 Å². The zero-order valence-corrected chi connectivity index (χ0v) is 10.5. The molecule has 1 amide bonds. The molecule has 6 heteroatoms. The molecule has 0 heterocycles. The molecule has 1 aromatic carbocycles. The standard InChI is InChI=1S/C12H16F2N2O2/c1-12(2,18-3)6-16-11(17)7-4-10(15)9(14)5-8(7)13/h4-5H,6,15H2,1-3H3,(H,16,17). The molecule has 0 aliphatic heterocycles. The van der Waals surface area contributed by atoms with E-state index in [4.69, 9.17) is 10.5 Å². The summed E-state index contributed by atoms with van der Waals surface area (Å²) in [5.74, 6) is -2.50. The fraction of sp³-hybridized carbons (Fsp3) is 0.417. The van der Waals surface area contributed by atoms with E-state index in [1.54, 1.807) is 13.8 Å². The van der Waals surface area contributed by atoms with E-state index in [0.717, 1.165) is 6.07 Å². The number of nitrogens with two attached hydrogens (primary N) is 1. The van der Waals surface area contributed by atoms with Gasteiger partial charge in [0.15, 0.2) is 0 Å². The number of rotatable bonds is 4. The fourth-order valence-electron chi connectivity index (χ4n) is 1.20. The van der Waals surface area contributed by atoms with E-state index in [1.807, 2.05) is 0 Å². The Morgan fingerprint density at radius 3 is 2.56 bits per heavy atom. The summed E-state index contributed by atoms with van der Waals surface area (Å²) < 4.78 is 31.4. The predicted octanol–water partition coefficient (Wildman–Crippen LogP) is 1.70. The molecule has 3 N–H and O–H groups in total. The number of amides is 1. The Bertz CT molecular complexity index is 462. The van der Waals surface area contributed by atoms with E-state index in [1.165, 1.54) is 7.11 Å². The summed E-state index contributed by atoms with van der Waals surface area (Å²) in [5, 5.41) is 2.50. The molecule has 0 saturated heterocycles. The zero-order valence-electron chi connectivity index (χ0n) is 10.5. The fourth-order valence-corrected chi connectivity index (χ4v) is 1.20. The highest BCUT2D eigenvalue weighted by Gasteiger charge is 2.20. The maximum Gasteiger partial charge on any atom is 0.254 e. The van der Waals surface area contributed by atoms with Gasteiger partial charge in [-0.15, -0.1) is 0 Å². The van der Waals surface area contributed by atoms with Crippen LogP contribution in [0.15, 0.2) is 12.1 Å². The third-order valence-corrected chi connectivity index (χ3v) is 2.56. The van der Waals surface area contributed by atoms with Crippen LogP contribution in [0.3, 0.4) is 0 Å². The van der Waals surface area contributed by atoms with Crippen molar-refractivity contribution in [2.24, 2.45) is 0 Å². The van der Waals surface area contributed by atoms with Crippen LogP contribution in [0, 0.1) is 11.6 Å². The van der Waals surface area contributed by atoms with Gasteiger partial charge in [-0.25, -0.2) is 8.78 Å². The second-order valence-corrected chi connectivity index (χ2v) is 4.50. The molecular formula is C12H16F2N2O2. The molecule has 0 radical (unpaired) electrons. The number of hydrogen-bond donors (Lipinski definition) is 2. The topological polar surface area (TPSA) is 64.3 Å². The summed E-state index contributed by atoms with van der Waals surface area (Å²) in [4.78, 5) is 11.7. The second kappa shape index (κ2) is 5.30. The van der Waals surface area contributed by atoms with E-state index < -0.39 is 23.1 Å². The Morgan fingerprint density at radius 2 is 2.00 bits per heavy atom. The highest BCUT2D eigenvalue weighted by atomic mass is 19.1. The van der Waals surface area contributed by atoms with Crippen LogP contribution < -0.4 is 11.1 Å². The number of nitrogen functional groups attached to an aromatic ring is 1. The molecule has 1 aromatic rings. The van der Waals surface area contributed by atoms with Crippen molar-refractivity contribution in [3.63, 3.8) is 0 Å². The van der Waals surface area contributed by atoms with E-state index in [2.05, 4.69) is 5.32 Å². The lowest BCUT2D eigenvalue weighted by Crippen LogP contribution is -2.40. The molecule has 0 aliphatic rings. The molecule has 0 bridgehead atoms. The number of methoxy groups -OCH3 is 1. The van der Waals surface area contributed by atoms with Gasteiger partial charge in [-0.3, -0.25) is 4.79 Å². The average molecular weight is 258 g/mol. The number of ether oxygens (including phenoxy) is 1. The quantitative estimate of drug-likeness (QED) is 0.808. The number of hydrogen-bond acceptors (Lipinski definition) is 3. The van der Waals surface area contributed by atoms with Crippen molar-refractivity contribution in [2.45, 2.75) is 19.4 Å². The largest absolute Gasteiger partial charge is 0.396 e. The number of carbonyl (C=O) groups excluding carboxylic acids is 1. The molecule has 0 saturated carbocycles. The van der Waals surface area contributed by atoms with Gasteiger partial charge in [0.25, 0.3) is 5.91 Å². The van der Waals surface area contributed by atoms with Gasteiger partial charge in [-0.05, 0) is 19.9 Å². The van der Waals surface area contributed by atoms with Crippen molar-refractivity contribution >= 4 is 11.6 Å². The molecule has 0 spiro atoms. The van der Waals surface area contributed by atoms with Gasteiger partial charge in [0.1, 0.15) is 11.6 Å². The summed E-state index contributed by atoms with van der Waals surface area (Å²) in [7, 11) is 1.50. The number of carbonyl (C=O) groups is 1. The predicted molar refractivity (Wildman–Crippen MR) is 64.2 cm³/mol. The maximum absolute atomic E-state index is 13.4. The van der Waals surface area contributed by atoms with Crippen molar-refractivity contribution in [1.82, 2.24) is 5.32 Å². The Hall–Kier alpha value is -1.69. The maximum atomic E-state index is 13.4. The molecular weight excluding hydrogens is 242 g/mol. The van der Waals surface area contributed by atoms with Crippen molar-refractivity contribution in [3.05, 3.63) is 29.3 Å². The van der Waals surface area contributed by atoms with Gasteiger partial charge < -0.3 is 15.8 Å². The molecule has 18 heavy (non-hydrogen) atoms. The summed E-state index contributed by atoms with van der Waals surface area (Å²) in [6.07, 6.45) is 0. The summed E-state index contributed by atoms with van der Waals surface area (Å²) in [6, 6.07) is 1.56. The van der Waals surface area contributed by atoms with Crippen molar-refractivity contribution in [3.8, 4) is 0 Å². The first-order valence-corrected chi connectivity index (χ1v) is 5.34. The lowest BCUT2D eigenvalue weighted by Gasteiger charge is -2.23. The Balaban J connectivity index is 2.82. The third-order valence-electron chi connectivity index (χ3n) is 2.56. The van der Waals surface area contributed by atoms with E-state index >= 15 is 0 Å². The summed E-state index contributed by atoms with van der Waals surface area (Å²) in [5.41, 5.74) is 4.16. The molecule has 0 fully saturated rings. The van der Waals surface area contributed by atoms with Crippen LogP contribution in [-0.4, -0.2) is 25.2 Å². The lowest BCUT2D eigenvalue weighted by atomic mass is 10.1. The van der Waals surface area contributed by atoms with Crippen molar-refractivity contribution in [1.29, 1.82) is 0 Å². The number of halogens is 2. The van der Waals surface area contributed by atoms with E-state index in [0.29, 0.717) is 6.07 Å². The minimum Gasteiger partial charge on any atom is -0.396 e. The van der Waals surface area contributed by atoms with E-state index in [9.17, 15) is 13.6 Å². The van der Waals surface area contributed by atoms with Crippen molar-refractivity contribution in [2.75, 3.05) is 19.4 Å². The number of anilines is 1. The van der Waals surface area contributed by atoms with Crippen LogP contribution in [0.2, 0.25) is 0 Å². The molecule has 100 valence electrons. The van der Waals surface area contributed by atoms with Crippen LogP contribution >= 0.6 is 0 Å². The lowest BCUT2D eigenvalue weighted by molar-refractivity contribution is 0.0228. The molecule has 0 unspecified atom stereocenters. The van der Waals surface area contributed by atoms with Gasteiger partial charge in [0.05, 0.1) is 16.9 Å². The highest BCUT2D eigenvalue weighted by Crippen LogP contribution is 2.16. The van der Waals surface area contributed by atoms with Crippen LogP contribution in [0.25, 0.3) is 0 Å². The van der Waals surface area contributed by atoms with Gasteiger partial charge in [-0.1, -0.05) is 0 Å². The number of benzene rings is 1. The first kappa shape index (κ1) is 14.4. The van der Waals surface area contributed by atoms with Crippen LogP contribution in [0.1, 0.15) is 24.2 Å². The van der Waals surface area contributed by atoms with Crippen LogP contribution in [0.5, 0.6) is 0 Å². The molecule has 1 rings (SSSR count). The zero-order chi connectivity index (χ0) is 13.9. The SMILES string of the molecule is COC(C)(C)CNC(=O)c1cc(N)c(F)cc1F. The Morgan fingerprint density at radius 1 is 1.39 bits per heavy atom. The summed E-state index contributed by atoms with van der Waals surface area (Å²) in [6.45, 7) is 3.73. The molecule has 0 atom stereocenters. The van der Waals surface area contributed by atoms with Gasteiger partial charge >= 0.3 is 0 Å². The van der Waals surface area contributed by atoms with Crippen molar-refractivity contribution < 1.29 is 18.3 Å². The van der Waals surface area contributed by atoms with Crippen LogP contribution in [-0.2, 0) is 4.74 Å². The average Bonchev–Trinajstić information content (AvgIpc) is 2.31. The Kier molecular flexibility index (Phi) is 4.24. The van der Waals surface area contributed by atoms with Gasteiger partial charge in [0, 0.05) is 19.7 Å². The van der Waals surface area contributed by atoms with E-state index in [-0.39, 0.29) is 17.8 Å². The first-order chi connectivity index (χ1) is 8.26. The minimum absolute atomic E-state index is 0.194. The molecule has 4 nitrogen and oxygen atoms in total.